The SMILES string of the molecule is Cc1ncc(CNc2nnccc2C(N)=S)s1. The minimum absolute atomic E-state index is 0.308. The molecule has 0 unspecified atom stereocenters. The smallest absolute Gasteiger partial charge is 0.159 e. The molecular weight excluding hydrogens is 254 g/mol. The zero-order valence-corrected chi connectivity index (χ0v) is 10.8. The van der Waals surface area contributed by atoms with Crippen LogP contribution in [-0.2, 0) is 6.54 Å². The Morgan fingerprint density at radius 2 is 2.41 bits per heavy atom. The summed E-state index contributed by atoms with van der Waals surface area (Å²) in [6.07, 6.45) is 3.40. The Labute approximate surface area is 108 Å². The van der Waals surface area contributed by atoms with E-state index in [9.17, 15) is 0 Å². The van der Waals surface area contributed by atoms with Gasteiger partial charge in [0.05, 0.1) is 23.3 Å². The van der Waals surface area contributed by atoms with Gasteiger partial charge in [-0.3, -0.25) is 0 Å². The summed E-state index contributed by atoms with van der Waals surface area (Å²) >= 11 is 6.58. The van der Waals surface area contributed by atoms with Gasteiger partial charge in [0.15, 0.2) is 5.82 Å². The molecule has 0 atom stereocenters. The topological polar surface area (TPSA) is 76.7 Å². The number of anilines is 1. The van der Waals surface area contributed by atoms with Crippen LogP contribution in [0.1, 0.15) is 15.4 Å². The third kappa shape index (κ3) is 2.95. The largest absolute Gasteiger partial charge is 0.389 e. The number of hydrogen-bond donors (Lipinski definition) is 2. The van der Waals surface area contributed by atoms with E-state index in [1.54, 1.807) is 23.6 Å². The molecule has 0 saturated heterocycles. The molecule has 3 N–H and O–H groups in total. The first-order chi connectivity index (χ1) is 8.16. The van der Waals surface area contributed by atoms with Crippen molar-refractivity contribution in [1.29, 1.82) is 0 Å². The van der Waals surface area contributed by atoms with E-state index in [0.29, 0.717) is 22.9 Å². The minimum Gasteiger partial charge on any atom is -0.389 e. The zero-order chi connectivity index (χ0) is 12.3. The molecule has 2 heterocycles. The monoisotopic (exact) mass is 265 g/mol. The van der Waals surface area contributed by atoms with Gasteiger partial charge in [-0.05, 0) is 13.0 Å². The minimum atomic E-state index is 0.308. The maximum Gasteiger partial charge on any atom is 0.159 e. The van der Waals surface area contributed by atoms with Crippen molar-refractivity contribution >= 4 is 34.4 Å². The molecule has 0 aliphatic rings. The highest BCUT2D eigenvalue weighted by atomic mass is 32.1. The summed E-state index contributed by atoms with van der Waals surface area (Å²) in [5.41, 5.74) is 6.31. The molecule has 2 aromatic heterocycles. The second-order valence-corrected chi connectivity index (χ2v) is 5.12. The summed E-state index contributed by atoms with van der Waals surface area (Å²) in [5.74, 6) is 0.603. The molecule has 0 aromatic carbocycles. The van der Waals surface area contributed by atoms with E-state index in [1.807, 2.05) is 13.1 Å². The molecule has 0 spiro atoms. The van der Waals surface area contributed by atoms with E-state index >= 15 is 0 Å². The first kappa shape index (κ1) is 11.9. The number of thiocarbonyl (C=S) groups is 1. The van der Waals surface area contributed by atoms with Crippen LogP contribution >= 0.6 is 23.6 Å². The number of nitrogens with two attached hydrogens (primary N) is 1. The van der Waals surface area contributed by atoms with Crippen molar-refractivity contribution in [2.75, 3.05) is 5.32 Å². The predicted molar refractivity (Wildman–Crippen MR) is 72.1 cm³/mol. The van der Waals surface area contributed by atoms with Gasteiger partial charge >= 0.3 is 0 Å². The van der Waals surface area contributed by atoms with Gasteiger partial charge in [0.1, 0.15) is 4.99 Å². The van der Waals surface area contributed by atoms with E-state index < -0.39 is 0 Å². The number of aromatic nitrogens is 3. The van der Waals surface area contributed by atoms with Crippen LogP contribution in [0.2, 0.25) is 0 Å². The summed E-state index contributed by atoms with van der Waals surface area (Å²) in [4.78, 5) is 5.61. The van der Waals surface area contributed by atoms with Gasteiger partial charge in [-0.25, -0.2) is 4.98 Å². The molecule has 5 nitrogen and oxygen atoms in total. The molecule has 0 saturated carbocycles. The van der Waals surface area contributed by atoms with Crippen LogP contribution in [0.3, 0.4) is 0 Å². The van der Waals surface area contributed by atoms with Crippen molar-refractivity contribution in [3.05, 3.63) is 33.9 Å². The van der Waals surface area contributed by atoms with Crippen molar-refractivity contribution in [3.8, 4) is 0 Å². The molecule has 2 aromatic rings. The number of nitrogens with one attached hydrogen (secondary N) is 1. The molecule has 0 aliphatic heterocycles. The molecule has 0 aliphatic carbocycles. The van der Waals surface area contributed by atoms with Gasteiger partial charge in [0.25, 0.3) is 0 Å². The number of thiazole rings is 1. The Hall–Kier alpha value is -1.60. The van der Waals surface area contributed by atoms with Crippen LogP contribution in [-0.4, -0.2) is 20.2 Å². The Morgan fingerprint density at radius 3 is 3.06 bits per heavy atom. The van der Waals surface area contributed by atoms with E-state index in [4.69, 9.17) is 18.0 Å². The van der Waals surface area contributed by atoms with Crippen molar-refractivity contribution in [3.63, 3.8) is 0 Å². The average molecular weight is 265 g/mol. The van der Waals surface area contributed by atoms with Crippen molar-refractivity contribution in [2.24, 2.45) is 5.73 Å². The highest BCUT2D eigenvalue weighted by Gasteiger charge is 2.07. The first-order valence-corrected chi connectivity index (χ1v) is 6.16. The van der Waals surface area contributed by atoms with Crippen LogP contribution in [0.25, 0.3) is 0 Å². The molecule has 0 radical (unpaired) electrons. The third-order valence-corrected chi connectivity index (χ3v) is 3.22. The number of hydrogen-bond acceptors (Lipinski definition) is 6. The van der Waals surface area contributed by atoms with Gasteiger partial charge in [-0.2, -0.15) is 5.10 Å². The Kier molecular flexibility index (Phi) is 3.60. The molecule has 0 fully saturated rings. The third-order valence-electron chi connectivity index (χ3n) is 2.09. The van der Waals surface area contributed by atoms with Crippen LogP contribution in [0.4, 0.5) is 5.82 Å². The van der Waals surface area contributed by atoms with Crippen LogP contribution in [0.5, 0.6) is 0 Å². The van der Waals surface area contributed by atoms with Crippen molar-refractivity contribution in [2.45, 2.75) is 13.5 Å². The average Bonchev–Trinajstić information content (AvgIpc) is 2.73. The Morgan fingerprint density at radius 1 is 1.59 bits per heavy atom. The number of nitrogens with zero attached hydrogens (tertiary/aromatic N) is 3. The summed E-state index contributed by atoms with van der Waals surface area (Å²) in [6, 6.07) is 1.75. The maximum absolute atomic E-state index is 5.60. The fraction of sp³-hybridized carbons (Fsp3) is 0.200. The van der Waals surface area contributed by atoms with Gasteiger partial charge < -0.3 is 11.1 Å². The lowest BCUT2D eigenvalue weighted by Crippen LogP contribution is -2.14. The van der Waals surface area contributed by atoms with E-state index in [0.717, 1.165) is 9.88 Å². The van der Waals surface area contributed by atoms with Crippen LogP contribution in [0, 0.1) is 6.92 Å². The second kappa shape index (κ2) is 5.15. The van der Waals surface area contributed by atoms with Crippen LogP contribution < -0.4 is 11.1 Å². The lowest BCUT2D eigenvalue weighted by Gasteiger charge is -2.07. The Balaban J connectivity index is 2.11. The van der Waals surface area contributed by atoms with Crippen molar-refractivity contribution in [1.82, 2.24) is 15.2 Å². The van der Waals surface area contributed by atoms with Gasteiger partial charge in [0, 0.05) is 11.1 Å². The molecule has 0 amide bonds. The van der Waals surface area contributed by atoms with Gasteiger partial charge in [-0.15, -0.1) is 16.4 Å². The van der Waals surface area contributed by atoms with E-state index in [1.165, 1.54) is 0 Å². The normalized spacial score (nSPS) is 10.2. The maximum atomic E-state index is 5.60. The zero-order valence-electron chi connectivity index (χ0n) is 9.17. The van der Waals surface area contributed by atoms with Gasteiger partial charge in [-0.1, -0.05) is 12.2 Å². The molecule has 2 rings (SSSR count). The summed E-state index contributed by atoms with van der Waals surface area (Å²) in [7, 11) is 0. The highest BCUT2D eigenvalue weighted by molar-refractivity contribution is 7.80. The molecular formula is C10H11N5S2. The highest BCUT2D eigenvalue weighted by Crippen LogP contribution is 2.15. The molecule has 17 heavy (non-hydrogen) atoms. The standard InChI is InChI=1S/C10H11N5S2/c1-6-12-4-7(17-6)5-13-10-8(9(11)16)2-3-14-15-10/h2-4H,5H2,1H3,(H2,11,16)(H,13,15). The fourth-order valence-corrected chi connectivity index (χ4v) is 2.22. The van der Waals surface area contributed by atoms with Gasteiger partial charge in [0.2, 0.25) is 0 Å². The summed E-state index contributed by atoms with van der Waals surface area (Å²) in [6.45, 7) is 2.61. The van der Waals surface area contributed by atoms with Crippen molar-refractivity contribution < 1.29 is 0 Å². The van der Waals surface area contributed by atoms with E-state index in [-0.39, 0.29) is 0 Å². The Bertz CT molecular complexity index is 537. The number of rotatable bonds is 4. The lowest BCUT2D eigenvalue weighted by molar-refractivity contribution is 1.00. The quantitative estimate of drug-likeness (QED) is 0.816. The molecule has 7 heteroatoms. The second-order valence-electron chi connectivity index (χ2n) is 3.36. The number of aryl methyl sites for hydroxylation is 1. The predicted octanol–water partition coefficient (Wildman–Crippen LogP) is 1.49. The first-order valence-electron chi connectivity index (χ1n) is 4.93. The lowest BCUT2D eigenvalue weighted by atomic mass is 10.3. The molecule has 88 valence electrons. The van der Waals surface area contributed by atoms with E-state index in [2.05, 4.69) is 20.5 Å². The molecule has 0 bridgehead atoms. The fourth-order valence-electron chi connectivity index (χ4n) is 1.32. The summed E-state index contributed by atoms with van der Waals surface area (Å²) in [5, 5.41) is 12.0. The van der Waals surface area contributed by atoms with Crippen LogP contribution in [0.15, 0.2) is 18.5 Å². The summed E-state index contributed by atoms with van der Waals surface area (Å²) < 4.78 is 0.